The van der Waals surface area contributed by atoms with Crippen LogP contribution in [-0.2, 0) is 12.7 Å². The molecule has 228 valence electrons. The molecule has 1 atom stereocenters. The number of rotatable bonds is 9. The van der Waals surface area contributed by atoms with Gasteiger partial charge in [0.15, 0.2) is 11.5 Å². The molecule has 3 aliphatic rings. The van der Waals surface area contributed by atoms with Crippen molar-refractivity contribution in [2.24, 2.45) is 11.8 Å². The second-order valence-corrected chi connectivity index (χ2v) is 12.7. The molecule has 0 radical (unpaired) electrons. The fourth-order valence-corrected chi connectivity index (χ4v) is 6.75. The lowest BCUT2D eigenvalue weighted by molar-refractivity contribution is -0.137. The maximum atomic E-state index is 13.3. The van der Waals surface area contributed by atoms with Crippen molar-refractivity contribution in [2.75, 3.05) is 16.8 Å². The molecule has 4 aromatic rings. The quantitative estimate of drug-likeness (QED) is 0.242. The van der Waals surface area contributed by atoms with Crippen molar-refractivity contribution in [3.05, 3.63) is 45.9 Å². The van der Waals surface area contributed by atoms with Crippen molar-refractivity contribution in [1.29, 1.82) is 0 Å². The first kappa shape index (κ1) is 27.9. The molecule has 1 saturated heterocycles. The predicted molar refractivity (Wildman–Crippen MR) is 155 cm³/mol. The van der Waals surface area contributed by atoms with Crippen LogP contribution in [0.5, 0.6) is 0 Å². The number of fused-ring (bicyclic) bond motifs is 1. The number of imidazole rings is 1. The van der Waals surface area contributed by atoms with E-state index in [0.29, 0.717) is 40.9 Å². The molecule has 4 heterocycles. The van der Waals surface area contributed by atoms with Crippen molar-refractivity contribution < 1.29 is 17.7 Å². The number of aromatic nitrogens is 6. The van der Waals surface area contributed by atoms with Crippen molar-refractivity contribution in [3.8, 4) is 11.6 Å². The summed E-state index contributed by atoms with van der Waals surface area (Å²) in [7, 11) is 0. The minimum absolute atomic E-state index is 0.0640. The van der Waals surface area contributed by atoms with Crippen molar-refractivity contribution in [2.45, 2.75) is 89.5 Å². The van der Waals surface area contributed by atoms with E-state index in [9.17, 15) is 18.0 Å². The third kappa shape index (κ3) is 5.27. The van der Waals surface area contributed by atoms with Gasteiger partial charge in [0.05, 0.1) is 12.1 Å². The summed E-state index contributed by atoms with van der Waals surface area (Å²) in [5.41, 5.74) is 1.08. The summed E-state index contributed by atoms with van der Waals surface area (Å²) < 4.78 is 46.8. The number of hydrogen-bond acceptors (Lipinski definition) is 8. The SMILES string of the molecule is CC(C)CC1CCCN1c1nc2nc(-c3noc(=O)[nH]3)nc(NC3(C4CCC4)CC3)c2n1Cc1ccc(C(F)(F)F)cc1. The molecule has 2 saturated carbocycles. The summed E-state index contributed by atoms with van der Waals surface area (Å²) in [5.74, 6) is 1.93. The van der Waals surface area contributed by atoms with Gasteiger partial charge in [0, 0.05) is 18.1 Å². The van der Waals surface area contributed by atoms with E-state index in [1.807, 2.05) is 4.57 Å². The molecule has 2 aliphatic carbocycles. The Hall–Kier alpha value is -3.90. The zero-order valence-corrected chi connectivity index (χ0v) is 24.2. The molecule has 10 nitrogen and oxygen atoms in total. The first-order chi connectivity index (χ1) is 20.6. The van der Waals surface area contributed by atoms with Gasteiger partial charge < -0.3 is 14.8 Å². The van der Waals surface area contributed by atoms with E-state index in [1.54, 1.807) is 0 Å². The van der Waals surface area contributed by atoms with Crippen molar-refractivity contribution in [3.63, 3.8) is 0 Å². The van der Waals surface area contributed by atoms with Crippen LogP contribution in [0, 0.1) is 11.8 Å². The third-order valence-corrected chi connectivity index (χ3v) is 9.28. The van der Waals surface area contributed by atoms with E-state index in [2.05, 4.69) is 34.2 Å². The molecular weight excluding hydrogens is 561 g/mol. The number of halogens is 3. The summed E-state index contributed by atoms with van der Waals surface area (Å²) in [6.45, 7) is 5.52. The van der Waals surface area contributed by atoms with Crippen molar-refractivity contribution >= 4 is 22.9 Å². The Balaban J connectivity index is 1.39. The summed E-state index contributed by atoms with van der Waals surface area (Å²) in [6.07, 6.45) is 4.23. The van der Waals surface area contributed by atoms with Gasteiger partial charge in [-0.1, -0.05) is 37.6 Å². The molecule has 3 aromatic heterocycles. The Morgan fingerprint density at radius 3 is 2.47 bits per heavy atom. The molecule has 3 fully saturated rings. The van der Waals surface area contributed by atoms with Gasteiger partial charge in [0.1, 0.15) is 5.52 Å². The highest BCUT2D eigenvalue weighted by atomic mass is 19.4. The number of nitrogens with zero attached hydrogens (tertiary/aromatic N) is 6. The normalized spacial score (nSPS) is 20.2. The molecule has 1 unspecified atom stereocenters. The summed E-state index contributed by atoms with van der Waals surface area (Å²) in [4.78, 5) is 31.3. The van der Waals surface area contributed by atoms with E-state index in [4.69, 9.17) is 19.5 Å². The molecule has 0 bridgehead atoms. The maximum Gasteiger partial charge on any atom is 0.439 e. The van der Waals surface area contributed by atoms with Crippen LogP contribution in [0.3, 0.4) is 0 Å². The molecule has 0 spiro atoms. The largest absolute Gasteiger partial charge is 0.439 e. The number of nitrogens with one attached hydrogen (secondary N) is 2. The Morgan fingerprint density at radius 1 is 1.09 bits per heavy atom. The van der Waals surface area contributed by atoms with Crippen LogP contribution in [0.15, 0.2) is 33.6 Å². The fourth-order valence-electron chi connectivity index (χ4n) is 6.75. The van der Waals surface area contributed by atoms with Crippen LogP contribution in [0.4, 0.5) is 24.9 Å². The zero-order chi connectivity index (χ0) is 29.9. The molecule has 13 heteroatoms. The standard InChI is InChI=1S/C30H35F3N8O2/c1-17(2)15-21-7-4-14-40(21)27-36-23-22(41(27)16-18-8-10-20(11-9-18)30(31,32)33)24(38-29(12-13-29)19-5-3-6-19)35-25(34-23)26-37-28(42)43-39-26/h8-11,17,19,21H,3-7,12-16H2,1-2H3,(H,34,35,38)(H,37,39,42). The lowest BCUT2D eigenvalue weighted by Gasteiger charge is -2.35. The first-order valence-electron chi connectivity index (χ1n) is 15.2. The minimum atomic E-state index is -4.41. The first-order valence-corrected chi connectivity index (χ1v) is 15.2. The Morgan fingerprint density at radius 2 is 1.86 bits per heavy atom. The number of aromatic amines is 1. The summed E-state index contributed by atoms with van der Waals surface area (Å²) in [6, 6.07) is 5.57. The number of H-pyrrole nitrogens is 1. The summed E-state index contributed by atoms with van der Waals surface area (Å²) >= 11 is 0. The number of alkyl halides is 3. The highest BCUT2D eigenvalue weighted by molar-refractivity contribution is 5.88. The molecule has 1 aliphatic heterocycles. The molecule has 0 amide bonds. The number of hydrogen-bond donors (Lipinski definition) is 2. The minimum Gasteiger partial charge on any atom is -0.362 e. The van der Waals surface area contributed by atoms with Gasteiger partial charge in [0.25, 0.3) is 0 Å². The second-order valence-electron chi connectivity index (χ2n) is 12.7. The van der Waals surface area contributed by atoms with Gasteiger partial charge in [-0.3, -0.25) is 9.51 Å². The Bertz CT molecular complexity index is 1680. The fraction of sp³-hybridized carbons (Fsp3) is 0.567. The monoisotopic (exact) mass is 596 g/mol. The van der Waals surface area contributed by atoms with Crippen molar-refractivity contribution in [1.82, 2.24) is 29.7 Å². The molecule has 2 N–H and O–H groups in total. The summed E-state index contributed by atoms with van der Waals surface area (Å²) in [5, 5.41) is 7.59. The van der Waals surface area contributed by atoms with Gasteiger partial charge >= 0.3 is 11.9 Å². The van der Waals surface area contributed by atoms with E-state index in [-0.39, 0.29) is 23.2 Å². The van der Waals surface area contributed by atoms with Gasteiger partial charge in [-0.15, -0.1) is 0 Å². The van der Waals surface area contributed by atoms with Crippen LogP contribution in [0.25, 0.3) is 22.8 Å². The number of benzene rings is 1. The van der Waals surface area contributed by atoms with Gasteiger partial charge in [0.2, 0.25) is 17.6 Å². The van der Waals surface area contributed by atoms with Crippen LogP contribution < -0.4 is 16.0 Å². The lowest BCUT2D eigenvalue weighted by Crippen LogP contribution is -2.36. The average Bonchev–Trinajstić information content (AvgIpc) is 3.23. The highest BCUT2D eigenvalue weighted by Gasteiger charge is 2.52. The molecule has 7 rings (SSSR count). The zero-order valence-electron chi connectivity index (χ0n) is 24.2. The predicted octanol–water partition coefficient (Wildman–Crippen LogP) is 6.00. The maximum absolute atomic E-state index is 13.3. The van der Waals surface area contributed by atoms with Crippen LogP contribution in [0.2, 0.25) is 0 Å². The van der Waals surface area contributed by atoms with Crippen LogP contribution in [-0.4, -0.2) is 47.8 Å². The average molecular weight is 597 g/mol. The molecule has 1 aromatic carbocycles. The smallest absolute Gasteiger partial charge is 0.362 e. The van der Waals surface area contributed by atoms with E-state index < -0.39 is 17.5 Å². The van der Waals surface area contributed by atoms with Gasteiger partial charge in [-0.25, -0.2) is 14.8 Å². The lowest BCUT2D eigenvalue weighted by atomic mass is 9.78. The number of anilines is 2. The van der Waals surface area contributed by atoms with Gasteiger partial charge in [-0.05, 0) is 74.5 Å². The van der Waals surface area contributed by atoms with Crippen LogP contribution >= 0.6 is 0 Å². The van der Waals surface area contributed by atoms with E-state index in [1.165, 1.54) is 18.6 Å². The highest BCUT2D eigenvalue weighted by Crippen LogP contribution is 2.53. The van der Waals surface area contributed by atoms with Crippen LogP contribution in [0.1, 0.15) is 76.3 Å². The second kappa shape index (κ2) is 10.4. The molecule has 43 heavy (non-hydrogen) atoms. The van der Waals surface area contributed by atoms with E-state index in [0.717, 1.165) is 69.6 Å². The van der Waals surface area contributed by atoms with E-state index >= 15 is 0 Å². The topological polar surface area (TPSA) is 118 Å². The van der Waals surface area contributed by atoms with Gasteiger partial charge in [-0.2, -0.15) is 18.2 Å². The molecular formula is C30H35F3N8O2. The Labute approximate surface area is 246 Å². The Kier molecular flexibility index (Phi) is 6.73. The third-order valence-electron chi connectivity index (χ3n) is 9.28.